The highest BCUT2D eigenvalue weighted by Crippen LogP contribution is 2.17. The van der Waals surface area contributed by atoms with Crippen LogP contribution < -0.4 is 26.6 Å². The summed E-state index contributed by atoms with van der Waals surface area (Å²) in [6.07, 6.45) is 4.22. The van der Waals surface area contributed by atoms with Crippen LogP contribution in [-0.2, 0) is 6.61 Å². The van der Waals surface area contributed by atoms with E-state index in [9.17, 15) is 19.7 Å². The monoisotopic (exact) mass is 442 g/mol. The van der Waals surface area contributed by atoms with E-state index in [1.165, 1.54) is 36.5 Å². The lowest BCUT2D eigenvalue weighted by atomic mass is 10.1. The average Bonchev–Trinajstić information content (AvgIpc) is 2.82. The number of hydrogen-bond acceptors (Lipinski definition) is 6. The van der Waals surface area contributed by atoms with Crippen LogP contribution in [-0.4, -0.2) is 19.9 Å². The second-order valence-corrected chi connectivity index (χ2v) is 7.03. The minimum atomic E-state index is -0.596. The molecule has 0 bridgehead atoms. The minimum Gasteiger partial charge on any atom is -0.487 e. The van der Waals surface area contributed by atoms with Crippen molar-refractivity contribution >= 4 is 17.8 Å². The van der Waals surface area contributed by atoms with Crippen LogP contribution in [0.1, 0.15) is 16.8 Å². The van der Waals surface area contributed by atoms with Crippen molar-refractivity contribution in [3.05, 3.63) is 131 Å². The second-order valence-electron chi connectivity index (χ2n) is 7.03. The molecule has 0 spiro atoms. The van der Waals surface area contributed by atoms with Crippen molar-refractivity contribution in [1.82, 2.24) is 15.0 Å². The van der Waals surface area contributed by atoms with Gasteiger partial charge in [0.1, 0.15) is 23.1 Å². The Bertz CT molecular complexity index is 1520. The number of aromatic nitrogens is 3. The predicted octanol–water partition coefficient (Wildman–Crippen LogP) is 1.60. The molecule has 2 aromatic heterocycles. The van der Waals surface area contributed by atoms with Crippen molar-refractivity contribution in [3.63, 3.8) is 0 Å². The van der Waals surface area contributed by atoms with Crippen LogP contribution in [0.15, 0.2) is 82.5 Å². The summed E-state index contributed by atoms with van der Waals surface area (Å²) in [5, 5.41) is 11.1. The summed E-state index contributed by atoms with van der Waals surface area (Å²) in [5.41, 5.74) is 0.335. The third-order valence-corrected chi connectivity index (χ3v) is 4.72. The van der Waals surface area contributed by atoms with E-state index in [0.29, 0.717) is 18.1 Å². The number of H-pyrrole nitrogens is 2. The topological polar surface area (TPSA) is 131 Å². The second kappa shape index (κ2) is 9.56. The van der Waals surface area contributed by atoms with Crippen LogP contribution in [0.25, 0.3) is 12.2 Å². The van der Waals surface area contributed by atoms with Gasteiger partial charge in [-0.25, -0.2) is 0 Å². The number of hydrogen-bond donors (Lipinski definition) is 2. The number of ether oxygens (including phenoxy) is 1. The summed E-state index contributed by atoms with van der Waals surface area (Å²) in [5.74, 6) is 0.563. The van der Waals surface area contributed by atoms with Crippen molar-refractivity contribution < 1.29 is 9.66 Å². The molecule has 0 aliphatic carbocycles. The maximum absolute atomic E-state index is 12.5. The highest BCUT2D eigenvalue weighted by Gasteiger charge is 2.10. The molecule has 0 fully saturated rings. The summed E-state index contributed by atoms with van der Waals surface area (Å²) in [6.45, 7) is 0.399. The number of nitro groups is 1. The van der Waals surface area contributed by atoms with Crippen molar-refractivity contribution in [2.45, 2.75) is 6.61 Å². The van der Waals surface area contributed by atoms with E-state index in [2.05, 4.69) is 15.0 Å². The molecule has 9 heteroatoms. The molecule has 0 radical (unpaired) electrons. The zero-order chi connectivity index (χ0) is 23.2. The van der Waals surface area contributed by atoms with Crippen molar-refractivity contribution in [3.8, 4) is 5.75 Å². The van der Waals surface area contributed by atoms with Gasteiger partial charge in [0.05, 0.1) is 22.4 Å². The largest absolute Gasteiger partial charge is 0.487 e. The number of pyridine rings is 1. The quantitative estimate of drug-likeness (QED) is 0.345. The van der Waals surface area contributed by atoms with Crippen LogP contribution in [0.4, 0.5) is 5.69 Å². The average molecular weight is 442 g/mol. The normalized spacial score (nSPS) is 12.0. The first-order valence-electron chi connectivity index (χ1n) is 9.92. The lowest BCUT2D eigenvalue weighted by Crippen LogP contribution is -2.46. The van der Waals surface area contributed by atoms with Crippen LogP contribution in [0.3, 0.4) is 0 Å². The molecule has 0 saturated heterocycles. The predicted molar refractivity (Wildman–Crippen MR) is 122 cm³/mol. The Hall–Kier alpha value is -4.79. The van der Waals surface area contributed by atoms with E-state index in [0.717, 1.165) is 5.56 Å². The Morgan fingerprint density at radius 1 is 0.879 bits per heavy atom. The van der Waals surface area contributed by atoms with E-state index >= 15 is 0 Å². The molecule has 33 heavy (non-hydrogen) atoms. The fraction of sp³-hybridized carbons (Fsp3) is 0.0417. The van der Waals surface area contributed by atoms with Gasteiger partial charge < -0.3 is 14.7 Å². The van der Waals surface area contributed by atoms with E-state index in [1.807, 2.05) is 30.3 Å². The van der Waals surface area contributed by atoms with Gasteiger partial charge in [0.25, 0.3) is 16.8 Å². The fourth-order valence-electron chi connectivity index (χ4n) is 3.08. The van der Waals surface area contributed by atoms with Gasteiger partial charge in [0, 0.05) is 6.07 Å². The first-order valence-corrected chi connectivity index (χ1v) is 9.92. The van der Waals surface area contributed by atoms with Crippen molar-refractivity contribution in [1.29, 1.82) is 0 Å². The molecule has 0 aliphatic rings. The summed E-state index contributed by atoms with van der Waals surface area (Å²) in [6, 6.07) is 19.0. The lowest BCUT2D eigenvalue weighted by molar-refractivity contribution is -0.385. The van der Waals surface area contributed by atoms with Gasteiger partial charge in [0.15, 0.2) is 0 Å². The summed E-state index contributed by atoms with van der Waals surface area (Å²) < 4.78 is 5.68. The van der Waals surface area contributed by atoms with Gasteiger partial charge in [0.2, 0.25) is 0 Å². The number of aromatic amines is 2. The molecule has 2 aromatic carbocycles. The molecule has 0 amide bonds. The molecule has 4 rings (SSSR count). The molecule has 9 nitrogen and oxygen atoms in total. The van der Waals surface area contributed by atoms with E-state index in [-0.39, 0.29) is 21.9 Å². The number of para-hydroxylation sites is 1. The summed E-state index contributed by atoms with van der Waals surface area (Å²) in [4.78, 5) is 44.7. The first kappa shape index (κ1) is 21.4. The standard InChI is InChI=1S/C24H18N4O5/c29-23-20(12-17-8-4-5-9-22(17)28(31)32)26-24(30)21(27-23)13-18-10-11-19(14-25-18)33-15-16-6-2-1-3-7-16/h1-14H,15H2,(H,26,30)(H,27,29)/b20-12-,21-13+. The minimum absolute atomic E-state index is 0.00478. The maximum Gasteiger partial charge on any atom is 0.276 e. The Kier molecular flexibility index (Phi) is 6.21. The Balaban J connectivity index is 1.60. The molecule has 164 valence electrons. The number of nitro benzene ring substituents is 1. The van der Waals surface area contributed by atoms with E-state index < -0.39 is 16.0 Å². The van der Waals surface area contributed by atoms with E-state index in [1.54, 1.807) is 18.2 Å². The fourth-order valence-corrected chi connectivity index (χ4v) is 3.08. The Morgan fingerprint density at radius 3 is 2.21 bits per heavy atom. The molecular weight excluding hydrogens is 424 g/mol. The van der Waals surface area contributed by atoms with Gasteiger partial charge in [-0.1, -0.05) is 42.5 Å². The molecule has 2 heterocycles. The number of rotatable bonds is 6. The Labute approximate surface area is 186 Å². The van der Waals surface area contributed by atoms with Gasteiger partial charge in [-0.3, -0.25) is 24.7 Å². The van der Waals surface area contributed by atoms with Gasteiger partial charge >= 0.3 is 0 Å². The van der Waals surface area contributed by atoms with E-state index in [4.69, 9.17) is 4.74 Å². The molecule has 0 aliphatic heterocycles. The van der Waals surface area contributed by atoms with Gasteiger partial charge in [-0.2, -0.15) is 0 Å². The zero-order valence-electron chi connectivity index (χ0n) is 17.2. The van der Waals surface area contributed by atoms with Crippen LogP contribution in [0.2, 0.25) is 0 Å². The number of nitrogens with one attached hydrogen (secondary N) is 2. The molecular formula is C24H18N4O5. The third kappa shape index (κ3) is 5.28. The zero-order valence-corrected chi connectivity index (χ0v) is 17.2. The van der Waals surface area contributed by atoms with Crippen LogP contribution in [0, 0.1) is 10.1 Å². The molecule has 0 saturated carbocycles. The summed E-state index contributed by atoms with van der Waals surface area (Å²) >= 11 is 0. The number of benzene rings is 2. The van der Waals surface area contributed by atoms with Gasteiger partial charge in [-0.15, -0.1) is 0 Å². The first-order chi connectivity index (χ1) is 16.0. The summed E-state index contributed by atoms with van der Waals surface area (Å²) in [7, 11) is 0. The Morgan fingerprint density at radius 2 is 1.55 bits per heavy atom. The van der Waals surface area contributed by atoms with Gasteiger partial charge in [-0.05, 0) is 35.9 Å². The van der Waals surface area contributed by atoms with Crippen molar-refractivity contribution in [2.75, 3.05) is 0 Å². The van der Waals surface area contributed by atoms with Crippen molar-refractivity contribution in [2.24, 2.45) is 0 Å². The van der Waals surface area contributed by atoms with Crippen LogP contribution in [0.5, 0.6) is 5.75 Å². The molecule has 0 unspecified atom stereocenters. The number of nitrogens with zero attached hydrogens (tertiary/aromatic N) is 2. The smallest absolute Gasteiger partial charge is 0.276 e. The maximum atomic E-state index is 12.5. The highest BCUT2D eigenvalue weighted by atomic mass is 16.6. The third-order valence-electron chi connectivity index (χ3n) is 4.72. The highest BCUT2D eigenvalue weighted by molar-refractivity contribution is 5.59. The SMILES string of the molecule is O=c1[nH]/c(=C/c2ccc(OCc3ccccc3)cn2)c(=O)[nH]/c1=C\c1ccccc1[N+](=O)[O-]. The molecule has 4 aromatic rings. The lowest BCUT2D eigenvalue weighted by Gasteiger charge is -2.05. The molecule has 0 atom stereocenters. The van der Waals surface area contributed by atoms with Crippen LogP contribution >= 0.6 is 0 Å². The molecule has 2 N–H and O–H groups in total.